The van der Waals surface area contributed by atoms with Crippen molar-refractivity contribution in [1.29, 1.82) is 0 Å². The quantitative estimate of drug-likeness (QED) is 0.0461. The minimum atomic E-state index is -2.25. The first-order chi connectivity index (χ1) is 24.9. The number of hydrogen-bond acceptors (Lipinski definition) is 2. The summed E-state index contributed by atoms with van der Waals surface area (Å²) in [5, 5.41) is 3.41. The van der Waals surface area contributed by atoms with Crippen molar-refractivity contribution in [2.75, 3.05) is 0 Å². The fraction of sp³-hybridized carbons (Fsp3) is 0.792. The molecule has 298 valence electrons. The predicted molar refractivity (Wildman–Crippen MR) is 251 cm³/mol. The van der Waals surface area contributed by atoms with Gasteiger partial charge >= 0.3 is 305 Å². The van der Waals surface area contributed by atoms with Crippen molar-refractivity contribution in [1.82, 2.24) is 0 Å². The zero-order chi connectivity index (χ0) is 38.0. The van der Waals surface area contributed by atoms with Gasteiger partial charge in [-0.1, -0.05) is 39.5 Å². The van der Waals surface area contributed by atoms with Crippen LogP contribution in [0, 0.1) is 11.8 Å². The molecule has 2 aromatic heterocycles. The van der Waals surface area contributed by atoms with Crippen molar-refractivity contribution in [3.8, 4) is 0 Å². The van der Waals surface area contributed by atoms with E-state index in [9.17, 15) is 0 Å². The van der Waals surface area contributed by atoms with Gasteiger partial charge in [0.1, 0.15) is 0 Å². The molecule has 1 aromatic carbocycles. The van der Waals surface area contributed by atoms with Crippen molar-refractivity contribution in [3.63, 3.8) is 0 Å². The van der Waals surface area contributed by atoms with Crippen LogP contribution in [0.5, 0.6) is 0 Å². The second kappa shape index (κ2) is 25.2. The van der Waals surface area contributed by atoms with Gasteiger partial charge in [-0.25, -0.2) is 0 Å². The molecular weight excluding hydrogens is 878 g/mol. The maximum atomic E-state index is 2.78. The monoisotopic (exact) mass is 966 g/mol. The Morgan fingerprint density at radius 2 is 0.692 bits per heavy atom. The molecule has 0 aliphatic carbocycles. The van der Waals surface area contributed by atoms with Crippen molar-refractivity contribution >= 4 is 85.4 Å². The Morgan fingerprint density at radius 1 is 0.404 bits per heavy atom. The average Bonchev–Trinajstić information content (AvgIpc) is 3.75. The van der Waals surface area contributed by atoms with E-state index in [4.69, 9.17) is 0 Å². The standard InChI is InChI=1S/C42H68S2.6CH3.2Sn/c1-5-9-13-15-17-21-25-35(23-19-11-7-3)27-29-37-39-31-33-44-42(39)38(40-32-34-43-41(37)40)30-28-36(24-20-12-8-4)26-22-18-16-14-10-6-2;;;;;;;;/h31-32,35-36H,5-30H2,1-4H3;6*1H3;;. The summed E-state index contributed by atoms with van der Waals surface area (Å²) in [6, 6.07) is 5.56. The zero-order valence-corrected chi connectivity index (χ0v) is 43.9. The Bertz CT molecular complexity index is 1220. The van der Waals surface area contributed by atoms with Gasteiger partial charge in [-0.2, -0.15) is 0 Å². The Labute approximate surface area is 341 Å². The molecule has 4 heteroatoms. The number of thiophene rings is 2. The van der Waals surface area contributed by atoms with Crippen LogP contribution in [0.1, 0.15) is 193 Å². The van der Waals surface area contributed by atoms with Crippen molar-refractivity contribution in [2.24, 2.45) is 11.8 Å². The normalized spacial score (nSPS) is 13.9. The molecule has 0 spiro atoms. The first kappa shape index (κ1) is 47.1. The Kier molecular flexibility index (Phi) is 22.8. The van der Waals surface area contributed by atoms with E-state index in [1.807, 2.05) is 0 Å². The molecule has 0 aliphatic rings. The van der Waals surface area contributed by atoms with E-state index in [1.165, 1.54) is 167 Å². The molecule has 2 atom stereocenters. The molecule has 0 saturated heterocycles. The summed E-state index contributed by atoms with van der Waals surface area (Å²) in [6.07, 6.45) is 36.7. The second-order valence-electron chi connectivity index (χ2n) is 19.1. The summed E-state index contributed by atoms with van der Waals surface area (Å²) < 4.78 is 7.06. The molecule has 52 heavy (non-hydrogen) atoms. The van der Waals surface area contributed by atoms with Crippen LogP contribution in [0.15, 0.2) is 12.1 Å². The van der Waals surface area contributed by atoms with Crippen LogP contribution in [0.25, 0.3) is 20.2 Å². The van der Waals surface area contributed by atoms with Crippen LogP contribution in [0.4, 0.5) is 0 Å². The summed E-state index contributed by atoms with van der Waals surface area (Å²) in [6.45, 7) is 9.44. The molecule has 0 bridgehead atoms. The molecule has 0 N–H and O–H groups in total. The number of aryl methyl sites for hydroxylation is 2. The molecule has 0 nitrogen and oxygen atoms in total. The van der Waals surface area contributed by atoms with Crippen LogP contribution in [0.2, 0.25) is 29.6 Å². The first-order valence-electron chi connectivity index (χ1n) is 23.0. The summed E-state index contributed by atoms with van der Waals surface area (Å²) >= 11 is 0.0359. The van der Waals surface area contributed by atoms with Crippen LogP contribution < -0.4 is 5.79 Å². The fourth-order valence-electron chi connectivity index (χ4n) is 8.51. The van der Waals surface area contributed by atoms with Gasteiger partial charge in [-0.05, 0) is 0 Å². The van der Waals surface area contributed by atoms with Crippen LogP contribution in [-0.2, 0) is 12.8 Å². The average molecular weight is 965 g/mol. The Morgan fingerprint density at radius 3 is 1.02 bits per heavy atom. The molecule has 2 heterocycles. The van der Waals surface area contributed by atoms with Gasteiger partial charge in [-0.15, -0.1) is 0 Å². The molecule has 0 aliphatic heterocycles. The van der Waals surface area contributed by atoms with E-state index in [2.05, 4.69) is 92.1 Å². The van der Waals surface area contributed by atoms with Gasteiger partial charge in [0.15, 0.2) is 0 Å². The summed E-state index contributed by atoms with van der Waals surface area (Å²) in [4.78, 5) is 15.9. The Hall–Kier alpha value is 0.737. The molecular formula is C48H86S2Sn2. The number of rotatable bonds is 30. The van der Waals surface area contributed by atoms with Gasteiger partial charge in [0.2, 0.25) is 0 Å². The second-order valence-corrected chi connectivity index (χ2v) is 52.0. The topological polar surface area (TPSA) is 0 Å². The molecule has 3 aromatic rings. The fourth-order valence-corrected chi connectivity index (χ4v) is 21.5. The molecule has 3 rings (SSSR count). The van der Waals surface area contributed by atoms with Crippen LogP contribution in [0.3, 0.4) is 0 Å². The molecule has 0 radical (unpaired) electrons. The van der Waals surface area contributed by atoms with Gasteiger partial charge in [0, 0.05) is 0 Å². The van der Waals surface area contributed by atoms with E-state index >= 15 is 0 Å². The Balaban J connectivity index is 1.99. The number of unbranched alkanes of at least 4 members (excludes halogenated alkanes) is 14. The van der Waals surface area contributed by atoms with E-state index in [0.717, 1.165) is 11.8 Å². The minimum absolute atomic E-state index is 0.898. The third-order valence-corrected chi connectivity index (χ3v) is 33.4. The third-order valence-electron chi connectivity index (χ3n) is 12.1. The number of fused-ring (bicyclic) bond motifs is 2. The summed E-state index contributed by atoms with van der Waals surface area (Å²) in [5.41, 5.74) is 3.54. The van der Waals surface area contributed by atoms with Gasteiger partial charge in [-0.3, -0.25) is 0 Å². The molecule has 2 unspecified atom stereocenters. The van der Waals surface area contributed by atoms with Crippen molar-refractivity contribution < 1.29 is 0 Å². The number of benzene rings is 1. The zero-order valence-electron chi connectivity index (χ0n) is 36.5. The van der Waals surface area contributed by atoms with Crippen LogP contribution in [-0.4, -0.2) is 36.8 Å². The van der Waals surface area contributed by atoms with Crippen molar-refractivity contribution in [2.45, 2.75) is 224 Å². The SMILES string of the molecule is CCCCCCCCC(CCCCC)CCc1c2c[c]([Sn]([CH3])([CH3])[CH3])sc2c(CCC(CCCCC)CCCCCCCC)c2c[c]([Sn]([CH3])([CH3])[CH3])sc12. The maximum absolute atomic E-state index is 2.78. The predicted octanol–water partition coefficient (Wildman–Crippen LogP) is 17.0. The molecule has 0 amide bonds. The number of hydrogen-bond donors (Lipinski definition) is 0. The van der Waals surface area contributed by atoms with E-state index in [0.29, 0.717) is 0 Å². The third kappa shape index (κ3) is 15.9. The summed E-state index contributed by atoms with van der Waals surface area (Å²) in [5.74, 6) is 1.80. The van der Waals surface area contributed by atoms with Gasteiger partial charge in [0.25, 0.3) is 0 Å². The summed E-state index contributed by atoms with van der Waals surface area (Å²) in [7, 11) is 0. The van der Waals surface area contributed by atoms with E-state index in [-0.39, 0.29) is 0 Å². The van der Waals surface area contributed by atoms with Crippen molar-refractivity contribution in [3.05, 3.63) is 23.3 Å². The van der Waals surface area contributed by atoms with Crippen LogP contribution >= 0.6 is 22.7 Å². The van der Waals surface area contributed by atoms with Gasteiger partial charge in [0.05, 0.1) is 0 Å². The van der Waals surface area contributed by atoms with E-state index in [1.54, 1.807) is 37.1 Å². The first-order valence-corrected chi connectivity index (χ1v) is 44.6. The molecule has 0 fully saturated rings. The van der Waals surface area contributed by atoms with E-state index < -0.39 is 36.8 Å². The van der Waals surface area contributed by atoms with Gasteiger partial charge < -0.3 is 0 Å². The molecule has 0 saturated carbocycles.